The van der Waals surface area contributed by atoms with Crippen molar-refractivity contribution in [3.8, 4) is 16.3 Å². The first kappa shape index (κ1) is 12.0. The van der Waals surface area contributed by atoms with Crippen molar-refractivity contribution in [1.29, 1.82) is 0 Å². The molecule has 2 aromatic rings. The van der Waals surface area contributed by atoms with E-state index in [0.29, 0.717) is 0 Å². The number of phenolic OH excluding ortho intramolecular Hbond substituents is 1. The van der Waals surface area contributed by atoms with Crippen LogP contribution in [0.2, 0.25) is 0 Å². The fourth-order valence-corrected chi connectivity index (χ4v) is 2.67. The summed E-state index contributed by atoms with van der Waals surface area (Å²) in [6, 6.07) is 7.32. The summed E-state index contributed by atoms with van der Waals surface area (Å²) in [4.78, 5) is 0. The van der Waals surface area contributed by atoms with Gasteiger partial charge in [0.25, 0.3) is 0 Å². The number of phenols is 1. The van der Waals surface area contributed by atoms with Crippen LogP contribution in [0.1, 0.15) is 24.4 Å². The van der Waals surface area contributed by atoms with Crippen molar-refractivity contribution in [2.45, 2.75) is 19.4 Å². The fourth-order valence-electron chi connectivity index (χ4n) is 1.63. The smallest absolute Gasteiger partial charge is 0.147 e. The molecule has 5 heteroatoms. The third-order valence-corrected chi connectivity index (χ3v) is 3.67. The summed E-state index contributed by atoms with van der Waals surface area (Å²) in [6.45, 7) is 2.11. The number of benzene rings is 1. The van der Waals surface area contributed by atoms with Gasteiger partial charge in [-0.2, -0.15) is 0 Å². The van der Waals surface area contributed by atoms with E-state index in [1.807, 2.05) is 13.1 Å². The van der Waals surface area contributed by atoms with E-state index in [0.717, 1.165) is 22.0 Å². The van der Waals surface area contributed by atoms with Gasteiger partial charge < -0.3 is 10.4 Å². The Labute approximate surface area is 104 Å². The topological polar surface area (TPSA) is 58.0 Å². The second-order valence-electron chi connectivity index (χ2n) is 3.75. The Balaban J connectivity index is 2.29. The van der Waals surface area contributed by atoms with Crippen molar-refractivity contribution >= 4 is 11.3 Å². The van der Waals surface area contributed by atoms with Crippen molar-refractivity contribution in [2.75, 3.05) is 7.05 Å². The molecule has 0 fully saturated rings. The maximum atomic E-state index is 9.43. The van der Waals surface area contributed by atoms with Crippen LogP contribution in [0.25, 0.3) is 10.6 Å². The van der Waals surface area contributed by atoms with Crippen LogP contribution >= 0.6 is 11.3 Å². The van der Waals surface area contributed by atoms with Crippen LogP contribution < -0.4 is 5.32 Å². The highest BCUT2D eigenvalue weighted by atomic mass is 32.1. The molecule has 1 aromatic heterocycles. The summed E-state index contributed by atoms with van der Waals surface area (Å²) in [5.41, 5.74) is 0.903. The molecule has 0 amide bonds. The number of rotatable bonds is 4. The molecule has 0 aliphatic heterocycles. The van der Waals surface area contributed by atoms with E-state index in [4.69, 9.17) is 0 Å². The first-order valence-electron chi connectivity index (χ1n) is 5.54. The van der Waals surface area contributed by atoms with Gasteiger partial charge in [0, 0.05) is 5.56 Å². The molecule has 0 aliphatic carbocycles. The number of nitrogens with zero attached hydrogens (tertiary/aromatic N) is 2. The first-order chi connectivity index (χ1) is 8.24. The quantitative estimate of drug-likeness (QED) is 0.874. The number of nitrogens with one attached hydrogen (secondary N) is 1. The van der Waals surface area contributed by atoms with Gasteiger partial charge in [-0.1, -0.05) is 30.4 Å². The SMILES string of the molecule is CCC(NC)c1nnc(-c2cccc(O)c2)s1. The van der Waals surface area contributed by atoms with Crippen molar-refractivity contribution in [3.05, 3.63) is 29.3 Å². The summed E-state index contributed by atoms with van der Waals surface area (Å²) >= 11 is 1.56. The highest BCUT2D eigenvalue weighted by molar-refractivity contribution is 7.14. The van der Waals surface area contributed by atoms with Crippen molar-refractivity contribution in [2.24, 2.45) is 0 Å². The Hall–Kier alpha value is -1.46. The van der Waals surface area contributed by atoms with Crippen LogP contribution in [-0.2, 0) is 0 Å². The molecule has 1 heterocycles. The Bertz CT molecular complexity index is 494. The third-order valence-electron chi connectivity index (χ3n) is 2.59. The molecule has 1 atom stereocenters. The van der Waals surface area contributed by atoms with E-state index < -0.39 is 0 Å². The van der Waals surface area contributed by atoms with E-state index >= 15 is 0 Å². The maximum Gasteiger partial charge on any atom is 0.147 e. The summed E-state index contributed by atoms with van der Waals surface area (Å²) < 4.78 is 0. The number of aromatic hydroxyl groups is 1. The lowest BCUT2D eigenvalue weighted by molar-refractivity contribution is 0.475. The molecule has 0 spiro atoms. The van der Waals surface area contributed by atoms with E-state index in [1.165, 1.54) is 0 Å². The highest BCUT2D eigenvalue weighted by Crippen LogP contribution is 2.29. The largest absolute Gasteiger partial charge is 0.508 e. The lowest BCUT2D eigenvalue weighted by Gasteiger charge is -2.07. The predicted octanol–water partition coefficient (Wildman–Crippen LogP) is 2.58. The Morgan fingerprint density at radius 2 is 2.24 bits per heavy atom. The average molecular weight is 249 g/mol. The molecule has 1 aromatic carbocycles. The third kappa shape index (κ3) is 2.62. The minimum Gasteiger partial charge on any atom is -0.508 e. The summed E-state index contributed by atoms with van der Waals surface area (Å²) in [5, 5.41) is 22.8. The van der Waals surface area contributed by atoms with E-state index in [1.54, 1.807) is 29.5 Å². The zero-order valence-electron chi connectivity index (χ0n) is 9.84. The Morgan fingerprint density at radius 3 is 2.88 bits per heavy atom. The molecule has 2 rings (SSSR count). The molecule has 90 valence electrons. The molecular weight excluding hydrogens is 234 g/mol. The molecule has 4 nitrogen and oxygen atoms in total. The zero-order chi connectivity index (χ0) is 12.3. The molecule has 0 bridgehead atoms. The zero-order valence-corrected chi connectivity index (χ0v) is 10.7. The van der Waals surface area contributed by atoms with Gasteiger partial charge in [-0.15, -0.1) is 10.2 Å². The molecule has 0 saturated heterocycles. The monoisotopic (exact) mass is 249 g/mol. The van der Waals surface area contributed by atoms with Crippen molar-refractivity contribution < 1.29 is 5.11 Å². The molecule has 0 saturated carbocycles. The van der Waals surface area contributed by atoms with Gasteiger partial charge in [0.1, 0.15) is 15.8 Å². The second-order valence-corrected chi connectivity index (χ2v) is 4.75. The molecule has 17 heavy (non-hydrogen) atoms. The molecule has 1 unspecified atom stereocenters. The van der Waals surface area contributed by atoms with Gasteiger partial charge in [-0.25, -0.2) is 0 Å². The van der Waals surface area contributed by atoms with Crippen LogP contribution in [0.3, 0.4) is 0 Å². The number of hydrogen-bond donors (Lipinski definition) is 2. The predicted molar refractivity (Wildman–Crippen MR) is 69.1 cm³/mol. The molecular formula is C12H15N3OS. The number of aromatic nitrogens is 2. The lowest BCUT2D eigenvalue weighted by atomic mass is 10.2. The highest BCUT2D eigenvalue weighted by Gasteiger charge is 2.13. The summed E-state index contributed by atoms with van der Waals surface area (Å²) in [6.07, 6.45) is 0.977. The van der Waals surface area contributed by atoms with Gasteiger partial charge in [0.15, 0.2) is 0 Å². The normalized spacial score (nSPS) is 12.6. The molecule has 0 radical (unpaired) electrons. The summed E-state index contributed by atoms with van der Waals surface area (Å²) in [7, 11) is 1.92. The first-order valence-corrected chi connectivity index (χ1v) is 6.36. The minimum absolute atomic E-state index is 0.249. The van der Waals surface area contributed by atoms with Crippen LogP contribution in [0.5, 0.6) is 5.75 Å². The van der Waals surface area contributed by atoms with Crippen LogP contribution in [-0.4, -0.2) is 22.4 Å². The van der Waals surface area contributed by atoms with E-state index in [-0.39, 0.29) is 11.8 Å². The molecule has 2 N–H and O–H groups in total. The standard InChI is InChI=1S/C12H15N3OS/c1-3-10(13-2)12-15-14-11(17-12)8-5-4-6-9(16)7-8/h4-7,10,13,16H,3H2,1-2H3. The van der Waals surface area contributed by atoms with E-state index in [2.05, 4.69) is 22.4 Å². The maximum absolute atomic E-state index is 9.43. The summed E-state index contributed by atoms with van der Waals surface area (Å²) in [5.74, 6) is 0.250. The molecule has 0 aliphatic rings. The minimum atomic E-state index is 0.249. The van der Waals surface area contributed by atoms with Gasteiger partial charge in [0.2, 0.25) is 0 Å². The van der Waals surface area contributed by atoms with Gasteiger partial charge in [-0.3, -0.25) is 0 Å². The van der Waals surface area contributed by atoms with Gasteiger partial charge >= 0.3 is 0 Å². The lowest BCUT2D eigenvalue weighted by Crippen LogP contribution is -2.14. The fraction of sp³-hybridized carbons (Fsp3) is 0.333. The second kappa shape index (κ2) is 5.25. The van der Waals surface area contributed by atoms with Crippen LogP contribution in [0.4, 0.5) is 0 Å². The van der Waals surface area contributed by atoms with Crippen molar-refractivity contribution in [1.82, 2.24) is 15.5 Å². The van der Waals surface area contributed by atoms with Crippen molar-refractivity contribution in [3.63, 3.8) is 0 Å². The average Bonchev–Trinajstić information content (AvgIpc) is 2.80. The Kier molecular flexibility index (Phi) is 3.71. The van der Waals surface area contributed by atoms with Crippen LogP contribution in [0, 0.1) is 0 Å². The van der Waals surface area contributed by atoms with Gasteiger partial charge in [-0.05, 0) is 25.6 Å². The van der Waals surface area contributed by atoms with E-state index in [9.17, 15) is 5.11 Å². The Morgan fingerprint density at radius 1 is 1.41 bits per heavy atom. The van der Waals surface area contributed by atoms with Gasteiger partial charge in [0.05, 0.1) is 6.04 Å². The number of hydrogen-bond acceptors (Lipinski definition) is 5. The van der Waals surface area contributed by atoms with Crippen LogP contribution in [0.15, 0.2) is 24.3 Å².